The van der Waals surface area contributed by atoms with Crippen LogP contribution in [-0.4, -0.2) is 25.6 Å². The van der Waals surface area contributed by atoms with Crippen LogP contribution < -0.4 is 0 Å². The predicted octanol–water partition coefficient (Wildman–Crippen LogP) is 2.95. The lowest BCUT2D eigenvalue weighted by Gasteiger charge is -2.12. The largest absolute Gasteiger partial charge is 0.478 e. The molecule has 0 amide bonds. The lowest BCUT2D eigenvalue weighted by molar-refractivity contribution is 0.0697. The minimum atomic E-state index is -0.934. The van der Waals surface area contributed by atoms with Gasteiger partial charge in [-0.2, -0.15) is 0 Å². The third kappa shape index (κ3) is 1.98. The molecule has 21 heavy (non-hydrogen) atoms. The SMILES string of the molecule is Cc1ccc(C)c(-c2nc3cnccc3n2C)c1C(=O)O. The summed E-state index contributed by atoms with van der Waals surface area (Å²) in [5.74, 6) is -0.284. The molecule has 0 radical (unpaired) electrons. The molecule has 1 aromatic carbocycles. The molecule has 0 atom stereocenters. The average molecular weight is 281 g/mol. The van der Waals surface area contributed by atoms with E-state index in [-0.39, 0.29) is 0 Å². The molecule has 0 unspecified atom stereocenters. The Kier molecular flexibility index (Phi) is 2.97. The number of fused-ring (bicyclic) bond motifs is 1. The normalized spacial score (nSPS) is 11.0. The van der Waals surface area contributed by atoms with Gasteiger partial charge in [-0.15, -0.1) is 0 Å². The minimum Gasteiger partial charge on any atom is -0.478 e. The lowest BCUT2D eigenvalue weighted by Crippen LogP contribution is -2.07. The van der Waals surface area contributed by atoms with Crippen LogP contribution in [0.25, 0.3) is 22.4 Å². The van der Waals surface area contributed by atoms with Crippen molar-refractivity contribution in [3.8, 4) is 11.4 Å². The summed E-state index contributed by atoms with van der Waals surface area (Å²) in [4.78, 5) is 20.3. The number of rotatable bonds is 2. The van der Waals surface area contributed by atoms with Crippen LogP contribution >= 0.6 is 0 Å². The average Bonchev–Trinajstić information content (AvgIpc) is 2.78. The lowest BCUT2D eigenvalue weighted by atomic mass is 9.96. The van der Waals surface area contributed by atoms with Crippen LogP contribution in [0.3, 0.4) is 0 Å². The van der Waals surface area contributed by atoms with Gasteiger partial charge in [0.15, 0.2) is 0 Å². The van der Waals surface area contributed by atoms with Gasteiger partial charge in [0, 0.05) is 18.8 Å². The van der Waals surface area contributed by atoms with E-state index in [1.165, 1.54) is 0 Å². The highest BCUT2D eigenvalue weighted by Gasteiger charge is 2.21. The smallest absolute Gasteiger partial charge is 0.336 e. The van der Waals surface area contributed by atoms with E-state index >= 15 is 0 Å². The van der Waals surface area contributed by atoms with Crippen molar-refractivity contribution in [2.45, 2.75) is 13.8 Å². The van der Waals surface area contributed by atoms with Gasteiger partial charge in [0.2, 0.25) is 0 Å². The van der Waals surface area contributed by atoms with E-state index in [1.807, 2.05) is 36.7 Å². The van der Waals surface area contributed by atoms with Crippen molar-refractivity contribution in [2.24, 2.45) is 7.05 Å². The van der Waals surface area contributed by atoms with Crippen molar-refractivity contribution in [3.63, 3.8) is 0 Å². The molecule has 5 nitrogen and oxygen atoms in total. The van der Waals surface area contributed by atoms with Gasteiger partial charge in [-0.1, -0.05) is 12.1 Å². The molecule has 2 aromatic heterocycles. The second-order valence-corrected chi connectivity index (χ2v) is 5.11. The third-order valence-corrected chi connectivity index (χ3v) is 3.74. The fourth-order valence-electron chi connectivity index (χ4n) is 2.65. The van der Waals surface area contributed by atoms with Gasteiger partial charge in [-0.3, -0.25) is 4.98 Å². The Morgan fingerprint density at radius 2 is 1.90 bits per heavy atom. The zero-order valence-corrected chi connectivity index (χ0v) is 12.1. The van der Waals surface area contributed by atoms with Gasteiger partial charge in [0.05, 0.1) is 17.3 Å². The molecule has 3 rings (SSSR count). The number of pyridine rings is 1. The van der Waals surface area contributed by atoms with E-state index in [1.54, 1.807) is 19.3 Å². The van der Waals surface area contributed by atoms with Gasteiger partial charge in [-0.05, 0) is 31.0 Å². The first-order valence-electron chi connectivity index (χ1n) is 6.61. The van der Waals surface area contributed by atoms with Gasteiger partial charge < -0.3 is 9.67 Å². The standard InChI is InChI=1S/C16H15N3O2/c1-9-4-5-10(2)14(16(20)21)13(9)15-18-11-8-17-7-6-12(11)19(15)3/h4-8H,1-3H3,(H,20,21). The molecule has 2 heterocycles. The second kappa shape index (κ2) is 4.70. The molecule has 0 aliphatic rings. The number of aromatic carboxylic acids is 1. The first kappa shape index (κ1) is 13.3. The first-order chi connectivity index (χ1) is 10.0. The number of imidazole rings is 1. The maximum atomic E-state index is 11.6. The Hall–Kier alpha value is -2.69. The summed E-state index contributed by atoms with van der Waals surface area (Å²) in [5.41, 5.74) is 4.28. The zero-order chi connectivity index (χ0) is 15.1. The van der Waals surface area contributed by atoms with Crippen molar-refractivity contribution in [1.29, 1.82) is 0 Å². The summed E-state index contributed by atoms with van der Waals surface area (Å²) < 4.78 is 1.91. The summed E-state index contributed by atoms with van der Waals surface area (Å²) in [6.07, 6.45) is 3.39. The van der Waals surface area contributed by atoms with Crippen molar-refractivity contribution in [3.05, 3.63) is 47.3 Å². The van der Waals surface area contributed by atoms with Crippen LogP contribution in [0.15, 0.2) is 30.6 Å². The highest BCUT2D eigenvalue weighted by atomic mass is 16.4. The van der Waals surface area contributed by atoms with E-state index < -0.39 is 5.97 Å². The number of carbonyl (C=O) groups is 1. The predicted molar refractivity (Wildman–Crippen MR) is 80.4 cm³/mol. The number of carboxylic acids is 1. The molecular weight excluding hydrogens is 266 g/mol. The van der Waals surface area contributed by atoms with Crippen molar-refractivity contribution in [1.82, 2.24) is 14.5 Å². The molecule has 0 saturated carbocycles. The van der Waals surface area contributed by atoms with Gasteiger partial charge in [-0.25, -0.2) is 9.78 Å². The molecular formula is C16H15N3O2. The molecule has 5 heteroatoms. The number of carboxylic acid groups (broad SMARTS) is 1. The molecule has 0 aliphatic carbocycles. The molecule has 106 valence electrons. The monoisotopic (exact) mass is 281 g/mol. The Bertz CT molecular complexity index is 865. The second-order valence-electron chi connectivity index (χ2n) is 5.11. The Morgan fingerprint density at radius 3 is 2.57 bits per heavy atom. The minimum absolute atomic E-state index is 0.307. The maximum Gasteiger partial charge on any atom is 0.336 e. The maximum absolute atomic E-state index is 11.6. The van der Waals surface area contributed by atoms with Crippen LogP contribution in [0.1, 0.15) is 21.5 Å². The molecule has 3 aromatic rings. The Labute approximate surface area is 121 Å². The first-order valence-corrected chi connectivity index (χ1v) is 6.61. The Balaban J connectivity index is 2.40. The van der Waals surface area contributed by atoms with Gasteiger partial charge in [0.1, 0.15) is 11.3 Å². The van der Waals surface area contributed by atoms with Crippen LogP contribution in [0.2, 0.25) is 0 Å². The molecule has 0 fully saturated rings. The number of nitrogens with zero attached hydrogens (tertiary/aromatic N) is 3. The van der Waals surface area contributed by atoms with E-state index in [4.69, 9.17) is 0 Å². The van der Waals surface area contributed by atoms with Crippen molar-refractivity contribution >= 4 is 17.0 Å². The van der Waals surface area contributed by atoms with Gasteiger partial charge in [0.25, 0.3) is 0 Å². The van der Waals surface area contributed by atoms with Crippen LogP contribution in [0.4, 0.5) is 0 Å². The summed E-state index contributed by atoms with van der Waals surface area (Å²) in [5, 5.41) is 9.55. The van der Waals surface area contributed by atoms with Crippen molar-refractivity contribution < 1.29 is 9.90 Å². The quantitative estimate of drug-likeness (QED) is 0.784. The number of aryl methyl sites for hydroxylation is 3. The summed E-state index contributed by atoms with van der Waals surface area (Å²) >= 11 is 0. The van der Waals surface area contributed by atoms with E-state index in [9.17, 15) is 9.90 Å². The number of benzene rings is 1. The summed E-state index contributed by atoms with van der Waals surface area (Å²) in [7, 11) is 1.89. The summed E-state index contributed by atoms with van der Waals surface area (Å²) in [6.45, 7) is 3.70. The molecule has 0 aliphatic heterocycles. The molecule has 1 N–H and O–H groups in total. The number of hydrogen-bond donors (Lipinski definition) is 1. The van der Waals surface area contributed by atoms with E-state index in [0.717, 1.165) is 22.2 Å². The van der Waals surface area contributed by atoms with Crippen LogP contribution in [-0.2, 0) is 7.05 Å². The van der Waals surface area contributed by atoms with Crippen LogP contribution in [0, 0.1) is 13.8 Å². The van der Waals surface area contributed by atoms with E-state index in [0.29, 0.717) is 17.0 Å². The highest BCUT2D eigenvalue weighted by molar-refractivity contribution is 5.98. The molecule has 0 saturated heterocycles. The van der Waals surface area contributed by atoms with Crippen LogP contribution in [0.5, 0.6) is 0 Å². The fourth-order valence-corrected chi connectivity index (χ4v) is 2.65. The molecule has 0 bridgehead atoms. The number of aromatic nitrogens is 3. The number of hydrogen-bond acceptors (Lipinski definition) is 3. The van der Waals surface area contributed by atoms with E-state index in [2.05, 4.69) is 9.97 Å². The highest BCUT2D eigenvalue weighted by Crippen LogP contribution is 2.31. The molecule has 0 spiro atoms. The summed E-state index contributed by atoms with van der Waals surface area (Å²) in [6, 6.07) is 5.62. The van der Waals surface area contributed by atoms with Gasteiger partial charge >= 0.3 is 5.97 Å². The Morgan fingerprint density at radius 1 is 1.19 bits per heavy atom. The topological polar surface area (TPSA) is 68.0 Å². The zero-order valence-electron chi connectivity index (χ0n) is 12.1. The fraction of sp³-hybridized carbons (Fsp3) is 0.188. The van der Waals surface area contributed by atoms with Crippen molar-refractivity contribution in [2.75, 3.05) is 0 Å². The third-order valence-electron chi connectivity index (χ3n) is 3.74.